The van der Waals surface area contributed by atoms with Crippen LogP contribution in [0.15, 0.2) is 30.3 Å². The van der Waals surface area contributed by atoms with Crippen molar-refractivity contribution in [2.24, 2.45) is 11.5 Å². The van der Waals surface area contributed by atoms with Gasteiger partial charge in [-0.15, -0.1) is 12.4 Å². The maximum atomic E-state index is 10.5. The molecule has 0 unspecified atom stereocenters. The van der Waals surface area contributed by atoms with Gasteiger partial charge in [-0.1, -0.05) is 18.2 Å². The van der Waals surface area contributed by atoms with Crippen LogP contribution in [0.5, 0.6) is 0 Å². The van der Waals surface area contributed by atoms with Crippen LogP contribution in [0.25, 0.3) is 6.08 Å². The fraction of sp³-hybridized carbons (Fsp3) is 0. The van der Waals surface area contributed by atoms with Gasteiger partial charge >= 0.3 is 0 Å². The van der Waals surface area contributed by atoms with Crippen LogP contribution in [0.2, 0.25) is 0 Å². The lowest BCUT2D eigenvalue weighted by atomic mass is 10.1. The van der Waals surface area contributed by atoms with Crippen LogP contribution in [0.3, 0.4) is 0 Å². The van der Waals surface area contributed by atoms with E-state index in [0.717, 1.165) is 5.56 Å². The van der Waals surface area contributed by atoms with Gasteiger partial charge < -0.3 is 11.5 Å². The molecule has 5 N–H and O–H groups in total. The second kappa shape index (κ2) is 5.82. The Balaban J connectivity index is 0.00000196. The van der Waals surface area contributed by atoms with Crippen molar-refractivity contribution in [3.05, 3.63) is 41.5 Å². The van der Waals surface area contributed by atoms with E-state index in [4.69, 9.17) is 16.9 Å². The van der Waals surface area contributed by atoms with Crippen LogP contribution < -0.4 is 11.5 Å². The summed E-state index contributed by atoms with van der Waals surface area (Å²) in [6.07, 6.45) is 2.84. The molecule has 0 heterocycles. The number of benzene rings is 1. The van der Waals surface area contributed by atoms with Crippen molar-refractivity contribution >= 4 is 30.2 Å². The molecule has 0 aliphatic carbocycles. The Morgan fingerprint density at radius 1 is 1.33 bits per heavy atom. The van der Waals surface area contributed by atoms with Gasteiger partial charge in [-0.05, 0) is 17.7 Å². The van der Waals surface area contributed by atoms with Gasteiger partial charge in [0.15, 0.2) is 0 Å². The number of nitrogens with one attached hydrogen (secondary N) is 1. The van der Waals surface area contributed by atoms with Crippen LogP contribution in [0.4, 0.5) is 0 Å². The maximum Gasteiger partial charge on any atom is 0.241 e. The van der Waals surface area contributed by atoms with E-state index in [1.165, 1.54) is 6.08 Å². The number of halogens is 1. The summed E-state index contributed by atoms with van der Waals surface area (Å²) in [4.78, 5) is 10.5. The van der Waals surface area contributed by atoms with Gasteiger partial charge in [-0.25, -0.2) is 0 Å². The Bertz CT molecular complexity index is 401. The summed E-state index contributed by atoms with van der Waals surface area (Å²) in [6.45, 7) is 0. The number of hydrogen-bond donors (Lipinski definition) is 3. The second-order valence-corrected chi connectivity index (χ2v) is 2.77. The van der Waals surface area contributed by atoms with Crippen molar-refractivity contribution in [2.45, 2.75) is 0 Å². The Labute approximate surface area is 93.9 Å². The van der Waals surface area contributed by atoms with Gasteiger partial charge in [0.25, 0.3) is 0 Å². The number of hydrogen-bond acceptors (Lipinski definition) is 2. The van der Waals surface area contributed by atoms with E-state index in [-0.39, 0.29) is 18.2 Å². The van der Waals surface area contributed by atoms with E-state index >= 15 is 0 Å². The molecular weight excluding hydrogens is 214 g/mol. The normalized spacial score (nSPS) is 9.60. The van der Waals surface area contributed by atoms with Crippen LogP contribution in [0, 0.1) is 5.41 Å². The van der Waals surface area contributed by atoms with E-state index in [9.17, 15) is 4.79 Å². The van der Waals surface area contributed by atoms with Gasteiger partial charge in [0.2, 0.25) is 5.91 Å². The number of rotatable bonds is 3. The summed E-state index contributed by atoms with van der Waals surface area (Å²) < 4.78 is 0. The monoisotopic (exact) mass is 225 g/mol. The predicted molar refractivity (Wildman–Crippen MR) is 62.9 cm³/mol. The number of carbonyl (C=O) groups excluding carboxylic acids is 1. The first-order chi connectivity index (χ1) is 6.59. The highest BCUT2D eigenvalue weighted by Crippen LogP contribution is 2.06. The summed E-state index contributed by atoms with van der Waals surface area (Å²) >= 11 is 0. The summed E-state index contributed by atoms with van der Waals surface area (Å²) in [6, 6.07) is 7.00. The third-order valence-electron chi connectivity index (χ3n) is 1.64. The third-order valence-corrected chi connectivity index (χ3v) is 1.64. The molecule has 0 radical (unpaired) electrons. The molecule has 0 saturated carbocycles. The van der Waals surface area contributed by atoms with Crippen LogP contribution in [-0.2, 0) is 4.79 Å². The summed E-state index contributed by atoms with van der Waals surface area (Å²) in [5.74, 6) is -0.502. The highest BCUT2D eigenvalue weighted by Gasteiger charge is 1.95. The molecule has 1 rings (SSSR count). The van der Waals surface area contributed by atoms with E-state index in [0.29, 0.717) is 5.56 Å². The van der Waals surface area contributed by atoms with E-state index in [1.807, 2.05) is 0 Å². The zero-order valence-corrected chi connectivity index (χ0v) is 8.75. The zero-order chi connectivity index (χ0) is 10.6. The fourth-order valence-electron chi connectivity index (χ4n) is 0.988. The largest absolute Gasteiger partial charge is 0.384 e. The standard InChI is InChI=1S/C10H11N3O.ClH/c11-9(14)5-4-7-2-1-3-8(6-7)10(12)13;/h1-6H,(H2,11,14)(H3,12,13);1H/b5-4-;. The lowest BCUT2D eigenvalue weighted by molar-refractivity contribution is -0.113. The van der Waals surface area contributed by atoms with Crippen molar-refractivity contribution in [3.63, 3.8) is 0 Å². The minimum absolute atomic E-state index is 0. The Hall–Kier alpha value is -1.81. The lowest BCUT2D eigenvalue weighted by Crippen LogP contribution is -2.10. The first-order valence-electron chi connectivity index (χ1n) is 4.01. The molecule has 15 heavy (non-hydrogen) atoms. The average Bonchev–Trinajstić information content (AvgIpc) is 2.15. The molecule has 0 aliphatic rings. The molecule has 0 bridgehead atoms. The minimum Gasteiger partial charge on any atom is -0.384 e. The van der Waals surface area contributed by atoms with Crippen LogP contribution in [0.1, 0.15) is 11.1 Å². The first kappa shape index (κ1) is 13.2. The molecule has 4 nitrogen and oxygen atoms in total. The van der Waals surface area contributed by atoms with E-state index in [2.05, 4.69) is 0 Å². The highest BCUT2D eigenvalue weighted by atomic mass is 35.5. The predicted octanol–water partition coefficient (Wildman–Crippen LogP) is 0.891. The number of amides is 1. The van der Waals surface area contributed by atoms with Gasteiger partial charge in [-0.3, -0.25) is 10.2 Å². The molecule has 0 aliphatic heterocycles. The molecule has 1 aromatic carbocycles. The number of nitrogen functional groups attached to an aromatic ring is 1. The van der Waals surface area contributed by atoms with E-state index < -0.39 is 5.91 Å². The summed E-state index contributed by atoms with van der Waals surface area (Å²) in [7, 11) is 0. The Morgan fingerprint density at radius 2 is 2.00 bits per heavy atom. The molecule has 1 aromatic rings. The third kappa shape index (κ3) is 4.28. The van der Waals surface area contributed by atoms with Crippen molar-refractivity contribution in [1.29, 1.82) is 5.41 Å². The topological polar surface area (TPSA) is 93.0 Å². The molecule has 5 heteroatoms. The van der Waals surface area contributed by atoms with Gasteiger partial charge in [0.05, 0.1) is 0 Å². The molecule has 0 fully saturated rings. The quantitative estimate of drug-likeness (QED) is 0.405. The summed E-state index contributed by atoms with van der Waals surface area (Å²) in [5.41, 5.74) is 11.7. The molecule has 0 saturated heterocycles. The highest BCUT2D eigenvalue weighted by molar-refractivity contribution is 5.96. The first-order valence-corrected chi connectivity index (χ1v) is 4.01. The van der Waals surface area contributed by atoms with E-state index in [1.54, 1.807) is 30.3 Å². The number of primary amides is 1. The van der Waals surface area contributed by atoms with Gasteiger partial charge in [0.1, 0.15) is 5.84 Å². The molecule has 1 amide bonds. The maximum absolute atomic E-state index is 10.5. The zero-order valence-electron chi connectivity index (χ0n) is 7.94. The van der Waals surface area contributed by atoms with Crippen molar-refractivity contribution in [1.82, 2.24) is 0 Å². The minimum atomic E-state index is -0.502. The van der Waals surface area contributed by atoms with Crippen molar-refractivity contribution in [2.75, 3.05) is 0 Å². The Morgan fingerprint density at radius 3 is 2.53 bits per heavy atom. The van der Waals surface area contributed by atoms with Crippen LogP contribution in [-0.4, -0.2) is 11.7 Å². The molecule has 80 valence electrons. The number of amidine groups is 1. The molecule has 0 atom stereocenters. The molecular formula is C10H12ClN3O. The SMILES string of the molecule is Cl.N=C(N)c1cccc(/C=C\C(N)=O)c1. The number of carbonyl (C=O) groups is 1. The summed E-state index contributed by atoms with van der Waals surface area (Å²) in [5, 5.41) is 7.21. The molecule has 0 spiro atoms. The van der Waals surface area contributed by atoms with Gasteiger partial charge in [-0.2, -0.15) is 0 Å². The van der Waals surface area contributed by atoms with Crippen molar-refractivity contribution < 1.29 is 4.79 Å². The van der Waals surface area contributed by atoms with Crippen molar-refractivity contribution in [3.8, 4) is 0 Å². The van der Waals surface area contributed by atoms with Gasteiger partial charge in [0, 0.05) is 11.6 Å². The average molecular weight is 226 g/mol. The number of nitrogens with two attached hydrogens (primary N) is 2. The smallest absolute Gasteiger partial charge is 0.241 e. The fourth-order valence-corrected chi connectivity index (χ4v) is 0.988. The second-order valence-electron chi connectivity index (χ2n) is 2.77. The van der Waals surface area contributed by atoms with Crippen LogP contribution >= 0.6 is 12.4 Å². The molecule has 0 aromatic heterocycles. The Kier molecular flexibility index (Phi) is 5.12. The lowest BCUT2D eigenvalue weighted by Gasteiger charge is -1.98.